The second-order valence-corrected chi connectivity index (χ2v) is 10.3. The highest BCUT2D eigenvalue weighted by atomic mass is 35.5. The molecule has 0 aliphatic carbocycles. The zero-order valence-corrected chi connectivity index (χ0v) is 18.9. The third-order valence-electron chi connectivity index (χ3n) is 5.65. The Morgan fingerprint density at radius 3 is 2.23 bits per heavy atom. The highest BCUT2D eigenvalue weighted by molar-refractivity contribution is 7.89. The van der Waals surface area contributed by atoms with Gasteiger partial charge in [0.1, 0.15) is 0 Å². The zero-order valence-electron chi connectivity index (χ0n) is 16.6. The number of piperazine rings is 1. The van der Waals surface area contributed by atoms with Crippen molar-refractivity contribution in [3.8, 4) is 0 Å². The van der Waals surface area contributed by atoms with Crippen molar-refractivity contribution in [3.63, 3.8) is 0 Å². The van der Waals surface area contributed by atoms with Crippen LogP contribution in [0, 0.1) is 0 Å². The van der Waals surface area contributed by atoms with Gasteiger partial charge in [-0.2, -0.15) is 4.31 Å². The molecule has 0 N–H and O–H groups in total. The Kier molecular flexibility index (Phi) is 6.37. The molecule has 2 amide bonds. The van der Waals surface area contributed by atoms with Crippen LogP contribution >= 0.6 is 23.2 Å². The van der Waals surface area contributed by atoms with E-state index < -0.39 is 16.1 Å². The Balaban J connectivity index is 1.41. The van der Waals surface area contributed by atoms with Gasteiger partial charge in [-0.3, -0.25) is 19.4 Å². The lowest BCUT2D eigenvalue weighted by molar-refractivity contribution is -0.140. The Bertz CT molecular complexity index is 1100. The van der Waals surface area contributed by atoms with Gasteiger partial charge in [0.2, 0.25) is 21.8 Å². The molecule has 0 radical (unpaired) electrons. The first-order valence-corrected chi connectivity index (χ1v) is 12.0. The summed E-state index contributed by atoms with van der Waals surface area (Å²) in [7, 11) is -3.72. The van der Waals surface area contributed by atoms with E-state index in [1.54, 1.807) is 0 Å². The molecule has 2 fully saturated rings. The van der Waals surface area contributed by atoms with Crippen molar-refractivity contribution in [1.82, 2.24) is 14.1 Å². The quantitative estimate of drug-likeness (QED) is 0.613. The molecule has 10 heteroatoms. The number of hydrogen-bond acceptors (Lipinski definition) is 5. The van der Waals surface area contributed by atoms with E-state index in [0.717, 1.165) is 5.56 Å². The number of imide groups is 1. The van der Waals surface area contributed by atoms with Crippen LogP contribution in [0.5, 0.6) is 0 Å². The highest BCUT2D eigenvalue weighted by Crippen LogP contribution is 2.28. The predicted molar refractivity (Wildman–Crippen MR) is 117 cm³/mol. The summed E-state index contributed by atoms with van der Waals surface area (Å²) < 4.78 is 27.2. The monoisotopic (exact) mass is 481 g/mol. The van der Waals surface area contributed by atoms with Gasteiger partial charge < -0.3 is 0 Å². The van der Waals surface area contributed by atoms with Crippen molar-refractivity contribution < 1.29 is 18.0 Å². The average molecular weight is 482 g/mol. The third-order valence-corrected chi connectivity index (χ3v) is 8.28. The van der Waals surface area contributed by atoms with E-state index in [1.807, 2.05) is 35.2 Å². The molecule has 4 rings (SSSR count). The number of halogens is 2. The predicted octanol–water partition coefficient (Wildman–Crippen LogP) is 2.63. The molecule has 0 aromatic heterocycles. The lowest BCUT2D eigenvalue weighted by Gasteiger charge is -2.36. The number of rotatable bonds is 5. The van der Waals surface area contributed by atoms with Crippen LogP contribution < -0.4 is 0 Å². The lowest BCUT2D eigenvalue weighted by Crippen LogP contribution is -2.53. The van der Waals surface area contributed by atoms with Gasteiger partial charge in [-0.05, 0) is 23.8 Å². The fraction of sp³-hybridized carbons (Fsp3) is 0.333. The van der Waals surface area contributed by atoms with E-state index in [-0.39, 0.29) is 52.8 Å². The highest BCUT2D eigenvalue weighted by Gasteiger charge is 2.43. The summed E-state index contributed by atoms with van der Waals surface area (Å²) >= 11 is 11.9. The van der Waals surface area contributed by atoms with E-state index in [9.17, 15) is 18.0 Å². The van der Waals surface area contributed by atoms with Crippen LogP contribution in [0.3, 0.4) is 0 Å². The van der Waals surface area contributed by atoms with Crippen LogP contribution in [0.1, 0.15) is 12.0 Å². The topological polar surface area (TPSA) is 78.0 Å². The molecule has 2 aromatic rings. The molecule has 2 aliphatic rings. The van der Waals surface area contributed by atoms with Gasteiger partial charge in [0.05, 0.1) is 33.9 Å². The Morgan fingerprint density at radius 2 is 1.58 bits per heavy atom. The molecular weight excluding hydrogens is 461 g/mol. The van der Waals surface area contributed by atoms with Gasteiger partial charge in [-0.25, -0.2) is 8.42 Å². The van der Waals surface area contributed by atoms with Crippen LogP contribution in [-0.2, 0) is 26.2 Å². The molecule has 2 aromatic carbocycles. The van der Waals surface area contributed by atoms with Gasteiger partial charge in [0.15, 0.2) is 0 Å². The Labute approximate surface area is 191 Å². The number of hydrogen-bond donors (Lipinski definition) is 0. The molecule has 7 nitrogen and oxygen atoms in total. The minimum Gasteiger partial charge on any atom is -0.289 e. The minimum absolute atomic E-state index is 0.0801. The summed E-state index contributed by atoms with van der Waals surface area (Å²) in [5, 5.41) is 0.463. The molecule has 0 saturated carbocycles. The summed E-state index contributed by atoms with van der Waals surface area (Å²) in [6.07, 6.45) is 0.116. The minimum atomic E-state index is -3.72. The van der Waals surface area contributed by atoms with Gasteiger partial charge >= 0.3 is 0 Å². The number of nitrogens with zero attached hydrogens (tertiary/aromatic N) is 3. The number of amides is 2. The molecule has 2 heterocycles. The van der Waals surface area contributed by atoms with E-state index in [0.29, 0.717) is 13.1 Å². The molecule has 0 spiro atoms. The molecule has 164 valence electrons. The smallest absolute Gasteiger partial charge is 0.247 e. The maximum absolute atomic E-state index is 12.9. The van der Waals surface area contributed by atoms with Crippen LogP contribution in [0.4, 0.5) is 0 Å². The van der Waals surface area contributed by atoms with Crippen LogP contribution in [-0.4, -0.2) is 66.6 Å². The number of carbonyl (C=O) groups excluding carboxylic acids is 2. The number of sulfonamides is 1. The van der Waals surface area contributed by atoms with E-state index in [1.165, 1.54) is 27.4 Å². The maximum atomic E-state index is 12.9. The standard InChI is InChI=1S/C21H21Cl2N3O4S/c22-17-7-6-16(12-18(17)23)31(29,30)25-10-8-24(9-11-25)19-13-20(27)26(21(19)28)14-15-4-2-1-3-5-15/h1-7,12,19H,8-11,13-14H2. The van der Waals surface area contributed by atoms with Crippen molar-refractivity contribution in [2.24, 2.45) is 0 Å². The SMILES string of the molecule is O=C1CC(N2CCN(S(=O)(=O)c3ccc(Cl)c(Cl)c3)CC2)C(=O)N1Cc1ccccc1. The van der Waals surface area contributed by atoms with Crippen molar-refractivity contribution in [3.05, 3.63) is 64.1 Å². The van der Waals surface area contributed by atoms with Crippen molar-refractivity contribution in [2.45, 2.75) is 23.9 Å². The number of benzene rings is 2. The van der Waals surface area contributed by atoms with Gasteiger partial charge in [0.25, 0.3) is 0 Å². The van der Waals surface area contributed by atoms with Crippen molar-refractivity contribution in [1.29, 1.82) is 0 Å². The Morgan fingerprint density at radius 1 is 0.903 bits per heavy atom. The molecule has 1 unspecified atom stereocenters. The lowest BCUT2D eigenvalue weighted by atomic mass is 10.2. The summed E-state index contributed by atoms with van der Waals surface area (Å²) in [5.74, 6) is -0.431. The van der Waals surface area contributed by atoms with Gasteiger partial charge in [0, 0.05) is 26.2 Å². The number of likely N-dealkylation sites (tertiary alicyclic amines) is 1. The fourth-order valence-electron chi connectivity index (χ4n) is 3.93. The second kappa shape index (κ2) is 8.88. The van der Waals surface area contributed by atoms with Gasteiger partial charge in [-0.15, -0.1) is 0 Å². The average Bonchev–Trinajstić information content (AvgIpc) is 3.04. The zero-order chi connectivity index (χ0) is 22.2. The van der Waals surface area contributed by atoms with E-state index in [4.69, 9.17) is 23.2 Å². The molecular formula is C21H21Cl2N3O4S. The van der Waals surface area contributed by atoms with Gasteiger partial charge in [-0.1, -0.05) is 53.5 Å². The first-order chi connectivity index (χ1) is 14.8. The van der Waals surface area contributed by atoms with E-state index in [2.05, 4.69) is 0 Å². The third kappa shape index (κ3) is 4.49. The molecule has 1 atom stereocenters. The summed E-state index contributed by atoms with van der Waals surface area (Å²) in [6.45, 7) is 1.42. The molecule has 31 heavy (non-hydrogen) atoms. The Hall–Kier alpha value is -1.97. The van der Waals surface area contributed by atoms with Crippen LogP contribution in [0.25, 0.3) is 0 Å². The summed E-state index contributed by atoms with van der Waals surface area (Å²) in [4.78, 5) is 28.6. The first kappa shape index (κ1) is 22.2. The summed E-state index contributed by atoms with van der Waals surface area (Å²) in [5.41, 5.74) is 0.891. The second-order valence-electron chi connectivity index (χ2n) is 7.54. The van der Waals surface area contributed by atoms with Crippen LogP contribution in [0.15, 0.2) is 53.4 Å². The fourth-order valence-corrected chi connectivity index (χ4v) is 5.74. The summed E-state index contributed by atoms with van der Waals surface area (Å²) in [6, 6.07) is 13.0. The molecule has 2 aliphatic heterocycles. The largest absolute Gasteiger partial charge is 0.289 e. The van der Waals surface area contributed by atoms with Crippen LogP contribution in [0.2, 0.25) is 10.0 Å². The first-order valence-electron chi connectivity index (χ1n) is 9.85. The van der Waals surface area contributed by atoms with Crippen molar-refractivity contribution in [2.75, 3.05) is 26.2 Å². The molecule has 2 saturated heterocycles. The molecule has 0 bridgehead atoms. The van der Waals surface area contributed by atoms with E-state index >= 15 is 0 Å². The normalized spacial score (nSPS) is 21.1. The van der Waals surface area contributed by atoms with Crippen molar-refractivity contribution >= 4 is 45.0 Å². The maximum Gasteiger partial charge on any atom is 0.247 e. The number of carbonyl (C=O) groups is 2.